The van der Waals surface area contributed by atoms with Crippen LogP contribution in [0.4, 0.5) is 0 Å². The molecule has 2 aromatic rings. The van der Waals surface area contributed by atoms with E-state index < -0.39 is 0 Å². The number of carbonyl (C=O) groups is 1. The number of aromatic amines is 1. The molecule has 1 aromatic heterocycles. The number of rotatable bonds is 3. The van der Waals surface area contributed by atoms with Crippen LogP contribution in [0.15, 0.2) is 24.3 Å². The molecule has 1 unspecified atom stereocenters. The van der Waals surface area contributed by atoms with Crippen LogP contribution in [0.3, 0.4) is 0 Å². The Bertz CT molecular complexity index is 773. The quantitative estimate of drug-likeness (QED) is 0.771. The summed E-state index contributed by atoms with van der Waals surface area (Å²) in [6.07, 6.45) is 0.882. The van der Waals surface area contributed by atoms with Crippen LogP contribution >= 0.6 is 0 Å². The van der Waals surface area contributed by atoms with Crippen LogP contribution in [-0.4, -0.2) is 54.3 Å². The summed E-state index contributed by atoms with van der Waals surface area (Å²) in [5.41, 5.74) is 3.65. The Morgan fingerprint density at radius 2 is 2.16 bits per heavy atom. The van der Waals surface area contributed by atoms with Gasteiger partial charge in [-0.05, 0) is 6.07 Å². The van der Waals surface area contributed by atoms with Crippen molar-refractivity contribution in [1.29, 1.82) is 0 Å². The molecule has 1 atom stereocenters. The van der Waals surface area contributed by atoms with Gasteiger partial charge in [-0.1, -0.05) is 18.2 Å². The van der Waals surface area contributed by atoms with Gasteiger partial charge in [-0.25, -0.2) is 0 Å². The van der Waals surface area contributed by atoms with Crippen molar-refractivity contribution in [3.63, 3.8) is 0 Å². The van der Waals surface area contributed by atoms with E-state index in [1.165, 1.54) is 0 Å². The molecule has 3 heterocycles. The number of ether oxygens (including phenoxy) is 1. The molecule has 0 bridgehead atoms. The van der Waals surface area contributed by atoms with E-state index in [9.17, 15) is 4.79 Å². The molecule has 1 fully saturated rings. The standard InChI is InChI=1S/C18H23N5O2/c1-25-16-5-3-2-4-12(16)15-11-20-8-9-23(15)18(24)17-13-10-19-7-6-14(13)21-22-17/h2-5,15,19-20H,6-11H2,1H3,(H,21,22). The van der Waals surface area contributed by atoms with Crippen LogP contribution in [0, 0.1) is 0 Å². The number of nitrogens with one attached hydrogen (secondary N) is 3. The SMILES string of the molecule is COc1ccccc1C1CNCCN1C(=O)c1n[nH]c2c1CNCC2. The highest BCUT2D eigenvalue weighted by Crippen LogP contribution is 2.31. The highest BCUT2D eigenvalue weighted by atomic mass is 16.5. The lowest BCUT2D eigenvalue weighted by Gasteiger charge is -2.37. The zero-order chi connectivity index (χ0) is 17.2. The van der Waals surface area contributed by atoms with Crippen LogP contribution in [0.25, 0.3) is 0 Å². The predicted octanol–water partition coefficient (Wildman–Crippen LogP) is 0.851. The second-order valence-corrected chi connectivity index (χ2v) is 6.42. The van der Waals surface area contributed by atoms with E-state index in [4.69, 9.17) is 4.74 Å². The third kappa shape index (κ3) is 2.89. The molecule has 2 aliphatic rings. The molecule has 2 aliphatic heterocycles. The number of hydrogen-bond acceptors (Lipinski definition) is 5. The number of para-hydroxylation sites is 1. The molecule has 1 saturated heterocycles. The first kappa shape index (κ1) is 16.1. The maximum absolute atomic E-state index is 13.3. The third-order valence-corrected chi connectivity index (χ3v) is 5.01. The van der Waals surface area contributed by atoms with Crippen molar-refractivity contribution in [3.8, 4) is 5.75 Å². The lowest BCUT2D eigenvalue weighted by molar-refractivity contribution is 0.0624. The van der Waals surface area contributed by atoms with Gasteiger partial charge in [0.25, 0.3) is 5.91 Å². The van der Waals surface area contributed by atoms with E-state index in [0.29, 0.717) is 25.3 Å². The van der Waals surface area contributed by atoms with Crippen molar-refractivity contribution in [2.45, 2.75) is 19.0 Å². The number of carbonyl (C=O) groups excluding carboxylic acids is 1. The molecule has 0 saturated carbocycles. The Labute approximate surface area is 146 Å². The van der Waals surface area contributed by atoms with Gasteiger partial charge in [-0.3, -0.25) is 9.89 Å². The number of piperazine rings is 1. The van der Waals surface area contributed by atoms with E-state index in [1.54, 1.807) is 7.11 Å². The second kappa shape index (κ2) is 6.85. The Kier molecular flexibility index (Phi) is 4.42. The zero-order valence-electron chi connectivity index (χ0n) is 14.3. The molecule has 132 valence electrons. The molecule has 7 nitrogen and oxygen atoms in total. The summed E-state index contributed by atoms with van der Waals surface area (Å²) in [4.78, 5) is 15.2. The van der Waals surface area contributed by atoms with Crippen molar-refractivity contribution in [3.05, 3.63) is 46.8 Å². The smallest absolute Gasteiger partial charge is 0.275 e. The Morgan fingerprint density at radius 1 is 1.28 bits per heavy atom. The van der Waals surface area contributed by atoms with Crippen molar-refractivity contribution >= 4 is 5.91 Å². The first-order valence-corrected chi connectivity index (χ1v) is 8.71. The van der Waals surface area contributed by atoms with E-state index in [1.807, 2.05) is 29.2 Å². The molecule has 1 amide bonds. The van der Waals surface area contributed by atoms with E-state index in [-0.39, 0.29) is 11.9 Å². The van der Waals surface area contributed by atoms with Gasteiger partial charge in [0.2, 0.25) is 0 Å². The van der Waals surface area contributed by atoms with Gasteiger partial charge in [0.1, 0.15) is 5.75 Å². The summed E-state index contributed by atoms with van der Waals surface area (Å²) >= 11 is 0. The number of methoxy groups -OCH3 is 1. The molecule has 7 heteroatoms. The van der Waals surface area contributed by atoms with Gasteiger partial charge in [0.15, 0.2) is 5.69 Å². The molecule has 1 aromatic carbocycles. The summed E-state index contributed by atoms with van der Waals surface area (Å²) in [5.74, 6) is 0.790. The molecule has 0 spiro atoms. The summed E-state index contributed by atoms with van der Waals surface area (Å²) in [6.45, 7) is 3.74. The Morgan fingerprint density at radius 3 is 3.04 bits per heavy atom. The van der Waals surface area contributed by atoms with Crippen LogP contribution in [0.5, 0.6) is 5.75 Å². The number of hydrogen-bond donors (Lipinski definition) is 3. The minimum Gasteiger partial charge on any atom is -0.496 e. The van der Waals surface area contributed by atoms with E-state index in [2.05, 4.69) is 20.8 Å². The average molecular weight is 341 g/mol. The van der Waals surface area contributed by atoms with Gasteiger partial charge in [-0.15, -0.1) is 0 Å². The summed E-state index contributed by atoms with van der Waals surface area (Å²) in [5, 5.41) is 14.1. The van der Waals surface area contributed by atoms with E-state index in [0.717, 1.165) is 42.1 Å². The molecule has 4 rings (SSSR count). The lowest BCUT2D eigenvalue weighted by Crippen LogP contribution is -2.49. The number of H-pyrrole nitrogens is 1. The van der Waals surface area contributed by atoms with Crippen LogP contribution in [0.1, 0.15) is 33.4 Å². The van der Waals surface area contributed by atoms with Crippen molar-refractivity contribution < 1.29 is 9.53 Å². The highest BCUT2D eigenvalue weighted by Gasteiger charge is 2.33. The Balaban J connectivity index is 1.67. The highest BCUT2D eigenvalue weighted by molar-refractivity contribution is 5.94. The topological polar surface area (TPSA) is 82.3 Å². The fourth-order valence-electron chi connectivity index (χ4n) is 3.71. The van der Waals surface area contributed by atoms with Gasteiger partial charge < -0.3 is 20.3 Å². The number of benzene rings is 1. The van der Waals surface area contributed by atoms with Crippen LogP contribution in [-0.2, 0) is 13.0 Å². The fraction of sp³-hybridized carbons (Fsp3) is 0.444. The molecular weight excluding hydrogens is 318 g/mol. The number of fused-ring (bicyclic) bond motifs is 1. The summed E-state index contributed by atoms with van der Waals surface area (Å²) in [6, 6.07) is 7.82. The number of nitrogens with zero attached hydrogens (tertiary/aromatic N) is 2. The second-order valence-electron chi connectivity index (χ2n) is 6.42. The first-order chi connectivity index (χ1) is 12.3. The normalized spacial score (nSPS) is 20.2. The third-order valence-electron chi connectivity index (χ3n) is 5.01. The van der Waals surface area contributed by atoms with Crippen LogP contribution < -0.4 is 15.4 Å². The molecule has 25 heavy (non-hydrogen) atoms. The lowest BCUT2D eigenvalue weighted by atomic mass is 10.0. The van der Waals surface area contributed by atoms with Gasteiger partial charge in [0.05, 0.1) is 13.2 Å². The molecular formula is C18H23N5O2. The van der Waals surface area contributed by atoms with Crippen molar-refractivity contribution in [2.75, 3.05) is 33.3 Å². The minimum absolute atomic E-state index is 0.0152. The first-order valence-electron chi connectivity index (χ1n) is 8.71. The molecule has 0 aliphatic carbocycles. The predicted molar refractivity (Wildman–Crippen MR) is 93.6 cm³/mol. The summed E-state index contributed by atoms with van der Waals surface area (Å²) in [7, 11) is 1.66. The average Bonchev–Trinajstić information content (AvgIpc) is 3.11. The van der Waals surface area contributed by atoms with Gasteiger partial charge >= 0.3 is 0 Å². The molecule has 0 radical (unpaired) electrons. The minimum atomic E-state index is -0.0682. The van der Waals surface area contributed by atoms with Crippen LogP contribution in [0.2, 0.25) is 0 Å². The van der Waals surface area contributed by atoms with E-state index >= 15 is 0 Å². The Hall–Kier alpha value is -2.38. The van der Waals surface area contributed by atoms with Crippen molar-refractivity contribution in [2.24, 2.45) is 0 Å². The monoisotopic (exact) mass is 341 g/mol. The van der Waals surface area contributed by atoms with Gasteiger partial charge in [-0.2, -0.15) is 5.10 Å². The maximum atomic E-state index is 13.3. The molecule has 3 N–H and O–H groups in total. The number of amides is 1. The summed E-state index contributed by atoms with van der Waals surface area (Å²) < 4.78 is 5.51. The van der Waals surface area contributed by atoms with Gasteiger partial charge in [0, 0.05) is 56.0 Å². The maximum Gasteiger partial charge on any atom is 0.275 e. The number of aromatic nitrogens is 2. The fourth-order valence-corrected chi connectivity index (χ4v) is 3.71. The van der Waals surface area contributed by atoms with Crippen molar-refractivity contribution in [1.82, 2.24) is 25.7 Å². The largest absolute Gasteiger partial charge is 0.496 e. The zero-order valence-corrected chi connectivity index (χ0v) is 14.3.